The second-order valence-corrected chi connectivity index (χ2v) is 5.82. The van der Waals surface area contributed by atoms with Gasteiger partial charge in [0.1, 0.15) is 0 Å². The van der Waals surface area contributed by atoms with Crippen LogP contribution in [0.3, 0.4) is 0 Å². The number of amidine groups is 1. The minimum Gasteiger partial charge on any atom is -0.352 e. The average molecular weight is 297 g/mol. The van der Waals surface area contributed by atoms with E-state index in [1.165, 1.54) is 11.3 Å². The van der Waals surface area contributed by atoms with Crippen LogP contribution in [0.15, 0.2) is 21.8 Å². The molecule has 0 atom stereocenters. The van der Waals surface area contributed by atoms with Gasteiger partial charge in [0.2, 0.25) is 5.91 Å². The Balaban J connectivity index is 1.59. The van der Waals surface area contributed by atoms with Gasteiger partial charge < -0.3 is 10.6 Å². The number of nitrogens with one attached hydrogen (secondary N) is 2. The Bertz CT molecular complexity index is 471. The molecule has 0 saturated heterocycles. The number of rotatable bonds is 5. The summed E-state index contributed by atoms with van der Waals surface area (Å²) in [5.41, 5.74) is 0.672. The van der Waals surface area contributed by atoms with E-state index in [1.807, 2.05) is 5.38 Å². The predicted octanol–water partition coefficient (Wildman–Crippen LogP) is 1.48. The molecular weight excluding hydrogens is 282 g/mol. The van der Waals surface area contributed by atoms with E-state index in [9.17, 15) is 9.59 Å². The average Bonchev–Trinajstić information content (AvgIpc) is 3.06. The maximum absolute atomic E-state index is 11.6. The highest BCUT2D eigenvalue weighted by Crippen LogP contribution is 2.09. The number of hydrogen-bond acceptors (Lipinski definition) is 5. The Hall–Kier alpha value is -1.34. The van der Waals surface area contributed by atoms with E-state index in [-0.39, 0.29) is 11.8 Å². The molecule has 2 heterocycles. The van der Waals surface area contributed by atoms with Crippen LogP contribution < -0.4 is 10.6 Å². The van der Waals surface area contributed by atoms with Crippen LogP contribution in [0.5, 0.6) is 0 Å². The van der Waals surface area contributed by atoms with Gasteiger partial charge in [0.05, 0.1) is 6.54 Å². The van der Waals surface area contributed by atoms with Gasteiger partial charge in [0.15, 0.2) is 5.17 Å². The Kier molecular flexibility index (Phi) is 5.41. The molecule has 0 radical (unpaired) electrons. The summed E-state index contributed by atoms with van der Waals surface area (Å²) in [7, 11) is 0. The fourth-order valence-electron chi connectivity index (χ4n) is 1.54. The van der Waals surface area contributed by atoms with E-state index in [2.05, 4.69) is 15.6 Å². The van der Waals surface area contributed by atoms with Crippen molar-refractivity contribution in [3.05, 3.63) is 22.4 Å². The first-order valence-electron chi connectivity index (χ1n) is 6.03. The van der Waals surface area contributed by atoms with Gasteiger partial charge in [-0.15, -0.1) is 0 Å². The number of aliphatic imine (C=N–C) groups is 1. The van der Waals surface area contributed by atoms with Crippen molar-refractivity contribution in [2.75, 3.05) is 18.8 Å². The third-order valence-corrected chi connectivity index (χ3v) is 4.06. The number of amides is 2. The molecule has 102 valence electrons. The smallest absolute Gasteiger partial charge is 0.252 e. The normalized spacial score (nSPS) is 14.0. The summed E-state index contributed by atoms with van der Waals surface area (Å²) in [6, 6.07) is 1.78. The van der Waals surface area contributed by atoms with Crippen molar-refractivity contribution in [1.29, 1.82) is 0 Å². The Labute approximate surface area is 119 Å². The third-order valence-electron chi connectivity index (χ3n) is 2.48. The standard InChI is InChI=1S/C12H15N3O2S2/c16-10(15-12-14-5-7-19-12)2-1-4-13-11(17)9-3-6-18-8-9/h3,6,8H,1-2,4-5,7H2,(H,13,17)(H,14,15,16). The second kappa shape index (κ2) is 7.30. The molecule has 0 aromatic carbocycles. The summed E-state index contributed by atoms with van der Waals surface area (Å²) in [5.74, 6) is 0.807. The molecule has 7 heteroatoms. The molecule has 0 aliphatic carbocycles. The van der Waals surface area contributed by atoms with Crippen molar-refractivity contribution >= 4 is 40.1 Å². The van der Waals surface area contributed by atoms with Crippen LogP contribution in [0.2, 0.25) is 0 Å². The Morgan fingerprint density at radius 1 is 1.42 bits per heavy atom. The first-order chi connectivity index (χ1) is 9.25. The van der Waals surface area contributed by atoms with E-state index in [0.717, 1.165) is 12.3 Å². The largest absolute Gasteiger partial charge is 0.352 e. The van der Waals surface area contributed by atoms with Crippen molar-refractivity contribution in [2.24, 2.45) is 4.99 Å². The first kappa shape index (κ1) is 14.1. The lowest BCUT2D eigenvalue weighted by Gasteiger charge is -2.05. The fraction of sp³-hybridized carbons (Fsp3) is 0.417. The highest BCUT2D eigenvalue weighted by atomic mass is 32.2. The molecule has 0 spiro atoms. The second-order valence-electron chi connectivity index (χ2n) is 3.95. The molecule has 0 fully saturated rings. The quantitative estimate of drug-likeness (QED) is 0.809. The monoisotopic (exact) mass is 297 g/mol. The Morgan fingerprint density at radius 3 is 3.00 bits per heavy atom. The molecule has 1 aromatic heterocycles. The van der Waals surface area contributed by atoms with Crippen molar-refractivity contribution < 1.29 is 9.59 Å². The van der Waals surface area contributed by atoms with Crippen LogP contribution >= 0.6 is 23.1 Å². The van der Waals surface area contributed by atoms with Crippen LogP contribution in [0.25, 0.3) is 0 Å². The van der Waals surface area contributed by atoms with Gasteiger partial charge in [-0.3, -0.25) is 14.6 Å². The number of thiophene rings is 1. The fourth-order valence-corrected chi connectivity index (χ4v) is 2.92. The molecule has 0 bridgehead atoms. The first-order valence-corrected chi connectivity index (χ1v) is 7.96. The maximum Gasteiger partial charge on any atom is 0.252 e. The molecule has 0 saturated carbocycles. The summed E-state index contributed by atoms with van der Waals surface area (Å²) < 4.78 is 0. The SMILES string of the molecule is O=C(CCCNC(=O)c1ccsc1)NC1=NCCS1. The van der Waals surface area contributed by atoms with Crippen molar-refractivity contribution in [3.63, 3.8) is 0 Å². The predicted molar refractivity (Wildman–Crippen MR) is 78.8 cm³/mol. The van der Waals surface area contributed by atoms with E-state index in [4.69, 9.17) is 0 Å². The van der Waals surface area contributed by atoms with Gasteiger partial charge in [-0.1, -0.05) is 11.8 Å². The lowest BCUT2D eigenvalue weighted by molar-refractivity contribution is -0.119. The molecule has 2 amide bonds. The zero-order valence-corrected chi connectivity index (χ0v) is 12.0. The zero-order valence-electron chi connectivity index (χ0n) is 10.3. The van der Waals surface area contributed by atoms with E-state index in [0.29, 0.717) is 30.1 Å². The van der Waals surface area contributed by atoms with Gasteiger partial charge in [-0.05, 0) is 17.9 Å². The minimum atomic E-state index is -0.0858. The van der Waals surface area contributed by atoms with Crippen LogP contribution in [-0.4, -0.2) is 35.8 Å². The van der Waals surface area contributed by atoms with Crippen molar-refractivity contribution in [3.8, 4) is 0 Å². The van der Waals surface area contributed by atoms with Gasteiger partial charge in [0, 0.05) is 29.7 Å². The summed E-state index contributed by atoms with van der Waals surface area (Å²) >= 11 is 3.05. The number of carbonyl (C=O) groups excluding carboxylic acids is 2. The molecular formula is C12H15N3O2S2. The van der Waals surface area contributed by atoms with Gasteiger partial charge in [-0.2, -0.15) is 11.3 Å². The molecule has 2 rings (SSSR count). The molecule has 0 unspecified atom stereocenters. The number of thioether (sulfide) groups is 1. The minimum absolute atomic E-state index is 0.0436. The zero-order chi connectivity index (χ0) is 13.5. The highest BCUT2D eigenvalue weighted by Gasteiger charge is 2.10. The van der Waals surface area contributed by atoms with Crippen molar-refractivity contribution in [1.82, 2.24) is 10.6 Å². The molecule has 1 aliphatic heterocycles. The molecule has 1 aliphatic rings. The number of carbonyl (C=O) groups is 2. The van der Waals surface area contributed by atoms with Crippen molar-refractivity contribution in [2.45, 2.75) is 12.8 Å². The van der Waals surface area contributed by atoms with E-state index < -0.39 is 0 Å². The number of nitrogens with zero attached hydrogens (tertiary/aromatic N) is 1. The Morgan fingerprint density at radius 2 is 2.32 bits per heavy atom. The van der Waals surface area contributed by atoms with Gasteiger partial charge in [-0.25, -0.2) is 0 Å². The van der Waals surface area contributed by atoms with Gasteiger partial charge in [0.25, 0.3) is 5.91 Å². The molecule has 19 heavy (non-hydrogen) atoms. The molecule has 2 N–H and O–H groups in total. The summed E-state index contributed by atoms with van der Waals surface area (Å²) in [5, 5.41) is 9.93. The van der Waals surface area contributed by atoms with E-state index in [1.54, 1.807) is 23.2 Å². The topological polar surface area (TPSA) is 70.6 Å². The summed E-state index contributed by atoms with van der Waals surface area (Å²) in [6.45, 7) is 1.28. The summed E-state index contributed by atoms with van der Waals surface area (Å²) in [6.07, 6.45) is 1.02. The third kappa shape index (κ3) is 4.68. The van der Waals surface area contributed by atoms with E-state index >= 15 is 0 Å². The van der Waals surface area contributed by atoms with Gasteiger partial charge >= 0.3 is 0 Å². The molecule has 5 nitrogen and oxygen atoms in total. The highest BCUT2D eigenvalue weighted by molar-refractivity contribution is 8.14. The molecule has 1 aromatic rings. The maximum atomic E-state index is 11.6. The van der Waals surface area contributed by atoms with Crippen LogP contribution in [0.1, 0.15) is 23.2 Å². The van der Waals surface area contributed by atoms with Crippen LogP contribution in [-0.2, 0) is 4.79 Å². The number of hydrogen-bond donors (Lipinski definition) is 2. The van der Waals surface area contributed by atoms with Crippen LogP contribution in [0, 0.1) is 0 Å². The van der Waals surface area contributed by atoms with Crippen LogP contribution in [0.4, 0.5) is 0 Å². The summed E-state index contributed by atoms with van der Waals surface area (Å²) in [4.78, 5) is 27.3. The lowest BCUT2D eigenvalue weighted by Crippen LogP contribution is -2.29. The lowest BCUT2D eigenvalue weighted by atomic mass is 10.2.